The maximum Gasteiger partial charge on any atom is 0.226 e. The van der Waals surface area contributed by atoms with E-state index in [-0.39, 0.29) is 5.91 Å². The predicted octanol–water partition coefficient (Wildman–Crippen LogP) is 1.59. The lowest BCUT2D eigenvalue weighted by molar-refractivity contribution is -0.134. The summed E-state index contributed by atoms with van der Waals surface area (Å²) in [6.07, 6.45) is 0.410. The minimum Gasteiger partial charge on any atom is -0.493 e. The Balaban J connectivity index is 1.75. The molecule has 21 heavy (non-hydrogen) atoms. The molecule has 1 saturated heterocycles. The molecule has 1 amide bonds. The van der Waals surface area contributed by atoms with Crippen LogP contribution in [-0.2, 0) is 4.79 Å². The van der Waals surface area contributed by atoms with Gasteiger partial charge in [-0.25, -0.2) is 0 Å². The lowest BCUT2D eigenvalue weighted by Gasteiger charge is -2.39. The Labute approximate surface area is 126 Å². The van der Waals surface area contributed by atoms with Gasteiger partial charge in [0.1, 0.15) is 5.75 Å². The van der Waals surface area contributed by atoms with Gasteiger partial charge < -0.3 is 15.4 Å². The number of ether oxygens (including phenoxy) is 1. The molecule has 1 aliphatic rings. The number of nitrogens with zero attached hydrogens (tertiary/aromatic N) is 2. The zero-order chi connectivity index (χ0) is 15.2. The molecule has 1 aromatic rings. The maximum absolute atomic E-state index is 12.2. The first-order valence-corrected chi connectivity index (χ1v) is 7.60. The van der Waals surface area contributed by atoms with Gasteiger partial charge in [0, 0.05) is 37.4 Å². The van der Waals surface area contributed by atoms with E-state index in [1.54, 1.807) is 6.07 Å². The molecule has 1 fully saturated rings. The third-order valence-corrected chi connectivity index (χ3v) is 3.97. The van der Waals surface area contributed by atoms with Crippen LogP contribution in [0.15, 0.2) is 24.3 Å². The van der Waals surface area contributed by atoms with Crippen LogP contribution < -0.4 is 10.5 Å². The van der Waals surface area contributed by atoms with Crippen molar-refractivity contribution in [2.45, 2.75) is 26.3 Å². The molecule has 0 aliphatic carbocycles. The summed E-state index contributed by atoms with van der Waals surface area (Å²) in [5, 5.41) is 0. The smallest absolute Gasteiger partial charge is 0.226 e. The number of carbonyl (C=O) groups is 1. The molecule has 2 N–H and O–H groups in total. The molecule has 5 nitrogen and oxygen atoms in total. The average molecular weight is 291 g/mol. The van der Waals surface area contributed by atoms with Crippen molar-refractivity contribution in [3.05, 3.63) is 24.3 Å². The number of carbonyl (C=O) groups excluding carboxylic acids is 1. The highest BCUT2D eigenvalue weighted by Gasteiger charge is 2.25. The van der Waals surface area contributed by atoms with Crippen molar-refractivity contribution in [3.8, 4) is 5.75 Å². The van der Waals surface area contributed by atoms with Gasteiger partial charge in [0.2, 0.25) is 5.91 Å². The molecule has 1 heterocycles. The summed E-state index contributed by atoms with van der Waals surface area (Å²) in [5.74, 6) is 0.883. The first-order chi connectivity index (χ1) is 10.1. The van der Waals surface area contributed by atoms with Gasteiger partial charge in [-0.1, -0.05) is 13.0 Å². The number of piperazine rings is 1. The van der Waals surface area contributed by atoms with Crippen LogP contribution in [0, 0.1) is 0 Å². The van der Waals surface area contributed by atoms with E-state index in [0.29, 0.717) is 30.5 Å². The molecule has 5 heteroatoms. The normalized spacial score (nSPS) is 19.5. The van der Waals surface area contributed by atoms with Crippen LogP contribution in [0.4, 0.5) is 5.69 Å². The van der Waals surface area contributed by atoms with Crippen molar-refractivity contribution < 1.29 is 9.53 Å². The highest BCUT2D eigenvalue weighted by Crippen LogP contribution is 2.15. The number of benzene rings is 1. The van der Waals surface area contributed by atoms with Gasteiger partial charge in [0.05, 0.1) is 13.0 Å². The van der Waals surface area contributed by atoms with E-state index >= 15 is 0 Å². The Bertz CT molecular complexity index is 478. The van der Waals surface area contributed by atoms with Crippen LogP contribution in [0.2, 0.25) is 0 Å². The summed E-state index contributed by atoms with van der Waals surface area (Å²) in [6, 6.07) is 7.71. The van der Waals surface area contributed by atoms with Gasteiger partial charge in [-0.3, -0.25) is 9.69 Å². The molecule has 0 aromatic heterocycles. The molecular weight excluding hydrogens is 266 g/mol. The zero-order valence-corrected chi connectivity index (χ0v) is 12.9. The maximum atomic E-state index is 12.2. The molecule has 1 atom stereocenters. The summed E-state index contributed by atoms with van der Waals surface area (Å²) in [4.78, 5) is 16.5. The highest BCUT2D eigenvalue weighted by atomic mass is 16.5. The second-order valence-corrected chi connectivity index (χ2v) is 5.49. The summed E-state index contributed by atoms with van der Waals surface area (Å²) >= 11 is 0. The van der Waals surface area contributed by atoms with Gasteiger partial charge in [-0.2, -0.15) is 0 Å². The van der Waals surface area contributed by atoms with E-state index in [1.807, 2.05) is 23.1 Å². The molecule has 0 saturated carbocycles. The summed E-state index contributed by atoms with van der Waals surface area (Å²) in [6.45, 7) is 8.35. The molecule has 1 aromatic carbocycles. The first-order valence-electron chi connectivity index (χ1n) is 7.60. The van der Waals surface area contributed by atoms with Crippen LogP contribution >= 0.6 is 0 Å². The van der Waals surface area contributed by atoms with Gasteiger partial charge in [0.25, 0.3) is 0 Å². The van der Waals surface area contributed by atoms with Crippen molar-refractivity contribution in [2.24, 2.45) is 0 Å². The second-order valence-electron chi connectivity index (χ2n) is 5.49. The number of hydrogen-bond acceptors (Lipinski definition) is 4. The Morgan fingerprint density at radius 2 is 2.24 bits per heavy atom. The van der Waals surface area contributed by atoms with E-state index in [9.17, 15) is 4.79 Å². The fourth-order valence-electron chi connectivity index (χ4n) is 2.71. The number of nitrogen functional groups attached to an aromatic ring is 1. The van der Waals surface area contributed by atoms with Gasteiger partial charge in [-0.15, -0.1) is 0 Å². The van der Waals surface area contributed by atoms with Crippen LogP contribution in [0.5, 0.6) is 5.75 Å². The minimum absolute atomic E-state index is 0.168. The third-order valence-electron chi connectivity index (χ3n) is 3.97. The molecule has 1 aliphatic heterocycles. The van der Waals surface area contributed by atoms with E-state index in [0.717, 1.165) is 26.2 Å². The van der Waals surface area contributed by atoms with Crippen molar-refractivity contribution in [3.63, 3.8) is 0 Å². The minimum atomic E-state index is 0.168. The number of anilines is 1. The first kappa shape index (κ1) is 15.6. The largest absolute Gasteiger partial charge is 0.493 e. The average Bonchev–Trinajstić information content (AvgIpc) is 2.47. The molecule has 0 spiro atoms. The monoisotopic (exact) mass is 291 g/mol. The lowest BCUT2D eigenvalue weighted by atomic mass is 10.2. The topological polar surface area (TPSA) is 58.8 Å². The number of rotatable bonds is 5. The zero-order valence-electron chi connectivity index (χ0n) is 12.9. The fourth-order valence-corrected chi connectivity index (χ4v) is 2.71. The Kier molecular flexibility index (Phi) is 5.44. The number of nitrogens with two attached hydrogens (primary N) is 1. The number of hydrogen-bond donors (Lipinski definition) is 1. The van der Waals surface area contributed by atoms with E-state index < -0.39 is 0 Å². The van der Waals surface area contributed by atoms with E-state index in [4.69, 9.17) is 10.5 Å². The summed E-state index contributed by atoms with van der Waals surface area (Å²) < 4.78 is 5.58. The van der Waals surface area contributed by atoms with Gasteiger partial charge >= 0.3 is 0 Å². The molecule has 2 rings (SSSR count). The van der Waals surface area contributed by atoms with Crippen LogP contribution in [-0.4, -0.2) is 54.5 Å². The standard InChI is InChI=1S/C16H25N3O2/c1-3-18-8-9-19(12-13(18)2)16(20)7-10-21-15-6-4-5-14(17)11-15/h4-6,11,13H,3,7-10,12,17H2,1-2H3. The fraction of sp³-hybridized carbons (Fsp3) is 0.562. The second kappa shape index (κ2) is 7.31. The molecule has 116 valence electrons. The van der Waals surface area contributed by atoms with Crippen molar-refractivity contribution >= 4 is 11.6 Å². The van der Waals surface area contributed by atoms with Crippen molar-refractivity contribution in [1.29, 1.82) is 0 Å². The van der Waals surface area contributed by atoms with Crippen molar-refractivity contribution in [2.75, 3.05) is 38.5 Å². The third kappa shape index (κ3) is 4.36. The molecular formula is C16H25N3O2. The molecule has 0 radical (unpaired) electrons. The van der Waals surface area contributed by atoms with E-state index in [1.165, 1.54) is 0 Å². The highest BCUT2D eigenvalue weighted by molar-refractivity contribution is 5.76. The lowest BCUT2D eigenvalue weighted by Crippen LogP contribution is -2.53. The van der Waals surface area contributed by atoms with E-state index in [2.05, 4.69) is 18.7 Å². The van der Waals surface area contributed by atoms with Crippen LogP contribution in [0.1, 0.15) is 20.3 Å². The number of amides is 1. The Hall–Kier alpha value is -1.75. The SMILES string of the molecule is CCN1CCN(C(=O)CCOc2cccc(N)c2)CC1C. The molecule has 0 bridgehead atoms. The van der Waals surface area contributed by atoms with Crippen molar-refractivity contribution in [1.82, 2.24) is 9.80 Å². The van der Waals surface area contributed by atoms with Crippen LogP contribution in [0.25, 0.3) is 0 Å². The quantitative estimate of drug-likeness (QED) is 0.837. The number of likely N-dealkylation sites (N-methyl/N-ethyl adjacent to an activating group) is 1. The predicted molar refractivity (Wildman–Crippen MR) is 84.3 cm³/mol. The summed E-state index contributed by atoms with van der Waals surface area (Å²) in [7, 11) is 0. The summed E-state index contributed by atoms with van der Waals surface area (Å²) in [5.41, 5.74) is 6.36. The van der Waals surface area contributed by atoms with Crippen LogP contribution in [0.3, 0.4) is 0 Å². The Morgan fingerprint density at radius 3 is 2.90 bits per heavy atom. The molecule has 1 unspecified atom stereocenters. The van der Waals surface area contributed by atoms with Gasteiger partial charge in [0.15, 0.2) is 0 Å². The van der Waals surface area contributed by atoms with Gasteiger partial charge in [-0.05, 0) is 25.6 Å². The Morgan fingerprint density at radius 1 is 1.43 bits per heavy atom.